The molecule has 152 valence electrons. The first-order valence-electron chi connectivity index (χ1n) is 8.16. The highest BCUT2D eigenvalue weighted by atomic mass is 35.5. The molecule has 0 amide bonds. The van der Waals surface area contributed by atoms with E-state index >= 15 is 0 Å². The van der Waals surface area contributed by atoms with Crippen molar-refractivity contribution in [3.8, 4) is 5.82 Å². The van der Waals surface area contributed by atoms with Gasteiger partial charge in [-0.1, -0.05) is 41.4 Å². The fourth-order valence-electron chi connectivity index (χ4n) is 2.46. The van der Waals surface area contributed by atoms with Crippen LogP contribution in [0.15, 0.2) is 53.6 Å². The molecule has 1 aromatic carbocycles. The van der Waals surface area contributed by atoms with E-state index < -0.39 is 23.4 Å². The van der Waals surface area contributed by atoms with Crippen molar-refractivity contribution in [1.29, 1.82) is 0 Å². The molecule has 0 fully saturated rings. The van der Waals surface area contributed by atoms with E-state index in [2.05, 4.69) is 15.4 Å². The third-order valence-electron chi connectivity index (χ3n) is 3.96. The molecule has 0 aliphatic rings. The van der Waals surface area contributed by atoms with Crippen LogP contribution in [0.2, 0.25) is 10.0 Å². The lowest BCUT2D eigenvalue weighted by Crippen LogP contribution is -2.24. The van der Waals surface area contributed by atoms with Crippen molar-refractivity contribution < 1.29 is 18.3 Å². The largest absolute Gasteiger partial charge is 0.417 e. The summed E-state index contributed by atoms with van der Waals surface area (Å²) in [6.07, 6.45) is -3.71. The summed E-state index contributed by atoms with van der Waals surface area (Å²) >= 11 is 12.1. The molecule has 1 atom stereocenters. The van der Waals surface area contributed by atoms with Crippen LogP contribution < -0.4 is 10.9 Å². The topological polar surface area (TPSA) is 80.0 Å². The highest BCUT2D eigenvalue weighted by Gasteiger charge is 2.30. The summed E-state index contributed by atoms with van der Waals surface area (Å²) < 4.78 is 38.7. The quantitative estimate of drug-likeness (QED) is 0.619. The molecule has 0 aliphatic heterocycles. The number of rotatable bonds is 5. The van der Waals surface area contributed by atoms with Crippen molar-refractivity contribution in [1.82, 2.24) is 14.8 Å². The standard InChI is InChI=1S/C18H13Cl2F3N4O2/c19-12-4-2-1-3-11(12)14(28)9-24-13-8-26-27(17(29)16(13)20)15-6-5-10(7-25-15)18(21,22)23/h1-8,14,24,28H,9H2. The minimum atomic E-state index is -4.54. The molecule has 2 aromatic heterocycles. The van der Waals surface area contributed by atoms with E-state index in [1.807, 2.05) is 0 Å². The Balaban J connectivity index is 1.79. The molecule has 0 radical (unpaired) electrons. The fourth-order valence-corrected chi connectivity index (χ4v) is 2.92. The third kappa shape index (κ3) is 4.69. The first-order chi connectivity index (χ1) is 13.7. The van der Waals surface area contributed by atoms with Gasteiger partial charge < -0.3 is 10.4 Å². The zero-order chi connectivity index (χ0) is 21.2. The molecule has 1 unspecified atom stereocenters. The van der Waals surface area contributed by atoms with Crippen LogP contribution in [0.3, 0.4) is 0 Å². The van der Waals surface area contributed by atoms with Crippen molar-refractivity contribution in [2.45, 2.75) is 12.3 Å². The Morgan fingerprint density at radius 1 is 1.14 bits per heavy atom. The van der Waals surface area contributed by atoms with E-state index in [-0.39, 0.29) is 23.1 Å². The zero-order valence-corrected chi connectivity index (χ0v) is 16.0. The van der Waals surface area contributed by atoms with Gasteiger partial charge >= 0.3 is 6.18 Å². The smallest absolute Gasteiger partial charge is 0.387 e. The lowest BCUT2D eigenvalue weighted by Gasteiger charge is -2.15. The maximum Gasteiger partial charge on any atom is 0.417 e. The molecule has 2 N–H and O–H groups in total. The number of hydrogen-bond acceptors (Lipinski definition) is 5. The monoisotopic (exact) mass is 444 g/mol. The number of benzene rings is 1. The fraction of sp³-hybridized carbons (Fsp3) is 0.167. The molecule has 29 heavy (non-hydrogen) atoms. The Hall–Kier alpha value is -2.62. The SMILES string of the molecule is O=c1c(Cl)c(NCC(O)c2ccccc2Cl)cnn1-c1ccc(C(F)(F)F)cn1. The average molecular weight is 445 g/mol. The van der Waals surface area contributed by atoms with Crippen LogP contribution in [0.5, 0.6) is 0 Å². The van der Waals surface area contributed by atoms with Crippen molar-refractivity contribution in [2.24, 2.45) is 0 Å². The van der Waals surface area contributed by atoms with E-state index in [0.29, 0.717) is 16.8 Å². The average Bonchev–Trinajstić information content (AvgIpc) is 2.69. The van der Waals surface area contributed by atoms with Gasteiger partial charge in [0.15, 0.2) is 5.82 Å². The van der Waals surface area contributed by atoms with Gasteiger partial charge in [0.05, 0.1) is 23.6 Å². The Morgan fingerprint density at radius 2 is 1.86 bits per heavy atom. The minimum absolute atomic E-state index is 0.00683. The van der Waals surface area contributed by atoms with Crippen LogP contribution in [0.1, 0.15) is 17.2 Å². The maximum atomic E-state index is 12.6. The molecule has 2 heterocycles. The van der Waals surface area contributed by atoms with Gasteiger partial charge in [0.2, 0.25) is 0 Å². The summed E-state index contributed by atoms with van der Waals surface area (Å²) in [5, 5.41) is 17.1. The molecule has 0 saturated carbocycles. The molecule has 0 saturated heterocycles. The third-order valence-corrected chi connectivity index (χ3v) is 4.67. The summed E-state index contributed by atoms with van der Waals surface area (Å²) in [7, 11) is 0. The Morgan fingerprint density at radius 3 is 2.48 bits per heavy atom. The van der Waals surface area contributed by atoms with E-state index in [9.17, 15) is 23.1 Å². The minimum Gasteiger partial charge on any atom is -0.387 e. The Labute approximate surface area is 172 Å². The number of aliphatic hydroxyl groups is 1. The van der Waals surface area contributed by atoms with Gasteiger partial charge in [0.1, 0.15) is 5.02 Å². The van der Waals surface area contributed by atoms with Crippen LogP contribution in [-0.2, 0) is 6.18 Å². The highest BCUT2D eigenvalue weighted by Crippen LogP contribution is 2.29. The molecular weight excluding hydrogens is 432 g/mol. The number of aliphatic hydroxyl groups excluding tert-OH is 1. The van der Waals surface area contributed by atoms with Gasteiger partial charge in [0, 0.05) is 23.3 Å². The zero-order valence-electron chi connectivity index (χ0n) is 14.5. The number of nitrogens with zero attached hydrogens (tertiary/aromatic N) is 3. The maximum absolute atomic E-state index is 12.6. The van der Waals surface area contributed by atoms with Crippen LogP contribution >= 0.6 is 23.2 Å². The number of hydrogen-bond donors (Lipinski definition) is 2. The number of nitrogens with one attached hydrogen (secondary N) is 1. The lowest BCUT2D eigenvalue weighted by molar-refractivity contribution is -0.137. The number of pyridine rings is 1. The van der Waals surface area contributed by atoms with E-state index in [0.717, 1.165) is 16.8 Å². The first-order valence-corrected chi connectivity index (χ1v) is 8.92. The molecule has 11 heteroatoms. The second-order valence-corrected chi connectivity index (χ2v) is 6.70. The van der Waals surface area contributed by atoms with Gasteiger partial charge in [-0.15, -0.1) is 0 Å². The van der Waals surface area contributed by atoms with Gasteiger partial charge in [-0.2, -0.15) is 23.0 Å². The molecule has 0 spiro atoms. The van der Waals surface area contributed by atoms with Gasteiger partial charge in [-0.25, -0.2) is 4.98 Å². The second kappa shape index (κ2) is 8.40. The predicted octanol–water partition coefficient (Wildman–Crippen LogP) is 4.10. The molecule has 3 aromatic rings. The van der Waals surface area contributed by atoms with E-state index in [1.54, 1.807) is 24.3 Å². The second-order valence-electron chi connectivity index (χ2n) is 5.91. The van der Waals surface area contributed by atoms with E-state index in [4.69, 9.17) is 23.2 Å². The molecule has 6 nitrogen and oxygen atoms in total. The number of halogens is 5. The summed E-state index contributed by atoms with van der Waals surface area (Å²) in [5.41, 5.74) is -1.10. The molecular formula is C18H13Cl2F3N4O2. The molecule has 0 aliphatic carbocycles. The number of alkyl halides is 3. The van der Waals surface area contributed by atoms with E-state index in [1.165, 1.54) is 6.20 Å². The number of anilines is 1. The normalized spacial score (nSPS) is 12.6. The van der Waals surface area contributed by atoms with Gasteiger partial charge in [-0.3, -0.25) is 4.79 Å². The van der Waals surface area contributed by atoms with Crippen LogP contribution in [0, 0.1) is 0 Å². The van der Waals surface area contributed by atoms with Crippen molar-refractivity contribution >= 4 is 28.9 Å². The van der Waals surface area contributed by atoms with Crippen LogP contribution in [0.4, 0.5) is 18.9 Å². The summed E-state index contributed by atoms with van der Waals surface area (Å²) in [4.78, 5) is 16.0. The summed E-state index contributed by atoms with van der Waals surface area (Å²) in [5.74, 6) is -0.118. The summed E-state index contributed by atoms with van der Waals surface area (Å²) in [6.45, 7) is -0.00683. The van der Waals surface area contributed by atoms with Crippen molar-refractivity contribution in [2.75, 3.05) is 11.9 Å². The lowest BCUT2D eigenvalue weighted by atomic mass is 10.1. The Bertz CT molecular complexity index is 1070. The van der Waals surface area contributed by atoms with Crippen LogP contribution in [0.25, 0.3) is 5.82 Å². The molecule has 3 rings (SSSR count). The van der Waals surface area contributed by atoms with Gasteiger partial charge in [0.25, 0.3) is 5.56 Å². The number of aromatic nitrogens is 3. The first kappa shape index (κ1) is 21.1. The highest BCUT2D eigenvalue weighted by molar-refractivity contribution is 6.33. The predicted molar refractivity (Wildman–Crippen MR) is 103 cm³/mol. The summed E-state index contributed by atoms with van der Waals surface area (Å²) in [6, 6.07) is 8.53. The van der Waals surface area contributed by atoms with Crippen molar-refractivity contribution in [3.05, 3.63) is 80.3 Å². The van der Waals surface area contributed by atoms with Crippen molar-refractivity contribution in [3.63, 3.8) is 0 Å². The Kier molecular flexibility index (Phi) is 6.11. The van der Waals surface area contributed by atoms with Crippen LogP contribution in [-0.4, -0.2) is 26.4 Å². The molecule has 0 bridgehead atoms. The van der Waals surface area contributed by atoms with Gasteiger partial charge in [-0.05, 0) is 18.2 Å².